The molecule has 0 radical (unpaired) electrons. The number of likely N-dealkylation sites (tertiary alicyclic amines) is 1. The number of aliphatic carboxylic acids is 1. The SMILES string of the molecule is CC1(OCC(=O)O)CN(C(=O)C2(NC(=O)OCC3c4ccccc4-c4ccccc43)CC2)C1. The van der Waals surface area contributed by atoms with Crippen molar-refractivity contribution >= 4 is 18.0 Å². The Balaban J connectivity index is 1.18. The van der Waals surface area contributed by atoms with E-state index in [-0.39, 0.29) is 18.4 Å². The number of rotatable bonds is 7. The second kappa shape index (κ2) is 7.88. The van der Waals surface area contributed by atoms with Crippen molar-refractivity contribution in [2.75, 3.05) is 26.3 Å². The smallest absolute Gasteiger partial charge is 0.408 e. The van der Waals surface area contributed by atoms with Crippen molar-refractivity contribution < 1.29 is 29.0 Å². The average Bonchev–Trinajstić information content (AvgIpc) is 3.49. The van der Waals surface area contributed by atoms with E-state index in [0.29, 0.717) is 25.9 Å². The molecular formula is C25H26N2O6. The van der Waals surface area contributed by atoms with Crippen molar-refractivity contribution in [2.45, 2.75) is 36.8 Å². The van der Waals surface area contributed by atoms with E-state index in [1.54, 1.807) is 11.8 Å². The molecule has 1 heterocycles. The van der Waals surface area contributed by atoms with E-state index in [9.17, 15) is 14.4 Å². The zero-order chi connectivity index (χ0) is 23.2. The molecule has 1 saturated carbocycles. The minimum atomic E-state index is -1.04. The minimum absolute atomic E-state index is 0.0449. The Morgan fingerprint density at radius 3 is 2.15 bits per heavy atom. The summed E-state index contributed by atoms with van der Waals surface area (Å²) in [5.74, 6) is -1.26. The van der Waals surface area contributed by atoms with Crippen LogP contribution in [-0.4, -0.2) is 65.4 Å². The molecular weight excluding hydrogens is 424 g/mol. The Hall–Kier alpha value is -3.39. The molecule has 1 aliphatic heterocycles. The van der Waals surface area contributed by atoms with Crippen LogP contribution in [0.15, 0.2) is 48.5 Å². The maximum atomic E-state index is 12.9. The van der Waals surface area contributed by atoms with Crippen molar-refractivity contribution in [1.29, 1.82) is 0 Å². The molecule has 2 amide bonds. The number of hydrogen-bond acceptors (Lipinski definition) is 5. The van der Waals surface area contributed by atoms with Crippen LogP contribution in [0.3, 0.4) is 0 Å². The molecule has 2 aromatic carbocycles. The third kappa shape index (κ3) is 3.95. The monoisotopic (exact) mass is 450 g/mol. The third-order valence-electron chi connectivity index (χ3n) is 6.73. The maximum Gasteiger partial charge on any atom is 0.408 e. The van der Waals surface area contributed by atoms with Crippen LogP contribution in [0.1, 0.15) is 36.8 Å². The van der Waals surface area contributed by atoms with Gasteiger partial charge in [0.05, 0.1) is 13.1 Å². The summed E-state index contributed by atoms with van der Waals surface area (Å²) in [6.07, 6.45) is 0.506. The Morgan fingerprint density at radius 1 is 1.03 bits per heavy atom. The number of hydrogen-bond donors (Lipinski definition) is 2. The van der Waals surface area contributed by atoms with Crippen molar-refractivity contribution in [3.63, 3.8) is 0 Å². The molecule has 0 aromatic heterocycles. The van der Waals surface area contributed by atoms with Gasteiger partial charge in [-0.15, -0.1) is 0 Å². The van der Waals surface area contributed by atoms with Crippen LogP contribution < -0.4 is 5.32 Å². The van der Waals surface area contributed by atoms with Gasteiger partial charge in [-0.25, -0.2) is 9.59 Å². The van der Waals surface area contributed by atoms with Gasteiger partial charge in [-0.1, -0.05) is 48.5 Å². The van der Waals surface area contributed by atoms with Crippen LogP contribution in [0.5, 0.6) is 0 Å². The summed E-state index contributed by atoms with van der Waals surface area (Å²) in [5, 5.41) is 11.6. The number of carboxylic acids is 1. The van der Waals surface area contributed by atoms with Gasteiger partial charge in [-0.2, -0.15) is 0 Å². The second-order valence-corrected chi connectivity index (χ2v) is 9.33. The normalized spacial score (nSPS) is 19.1. The number of carbonyl (C=O) groups is 3. The fraction of sp³-hybridized carbons (Fsp3) is 0.400. The summed E-state index contributed by atoms with van der Waals surface area (Å²) < 4.78 is 11.0. The molecule has 172 valence electrons. The summed E-state index contributed by atoms with van der Waals surface area (Å²) in [6.45, 7) is 2.16. The first-order valence-corrected chi connectivity index (χ1v) is 11.1. The highest BCUT2D eigenvalue weighted by Gasteiger charge is 2.57. The Kier molecular flexibility index (Phi) is 5.12. The summed E-state index contributed by atoms with van der Waals surface area (Å²) in [4.78, 5) is 37.9. The standard InChI is InChI=1S/C25H26N2O6/c1-24(33-13-21(28)29)14-27(15-24)22(30)25(10-11-25)26-23(31)32-12-20-18-8-4-2-6-16(18)17-7-3-5-9-19(17)20/h2-9,20H,10-15H2,1H3,(H,26,31)(H,28,29). The summed E-state index contributed by atoms with van der Waals surface area (Å²) >= 11 is 0. The number of fused-ring (bicyclic) bond motifs is 3. The molecule has 0 bridgehead atoms. The first-order chi connectivity index (χ1) is 15.8. The lowest BCUT2D eigenvalue weighted by Gasteiger charge is -2.48. The van der Waals surface area contributed by atoms with Gasteiger partial charge in [-0.3, -0.25) is 4.79 Å². The fourth-order valence-corrected chi connectivity index (χ4v) is 4.88. The van der Waals surface area contributed by atoms with Crippen LogP contribution in [0.2, 0.25) is 0 Å². The number of alkyl carbamates (subject to hydrolysis) is 1. The topological polar surface area (TPSA) is 105 Å². The van der Waals surface area contributed by atoms with E-state index in [0.717, 1.165) is 22.3 Å². The molecule has 2 fully saturated rings. The molecule has 1 saturated heterocycles. The van der Waals surface area contributed by atoms with Gasteiger partial charge in [0.1, 0.15) is 24.4 Å². The lowest BCUT2D eigenvalue weighted by atomic mass is 9.95. The van der Waals surface area contributed by atoms with Crippen LogP contribution in [-0.2, 0) is 19.1 Å². The first kappa shape index (κ1) is 21.5. The summed E-state index contributed by atoms with van der Waals surface area (Å²) in [7, 11) is 0. The molecule has 2 N–H and O–H groups in total. The number of benzene rings is 2. The van der Waals surface area contributed by atoms with Gasteiger partial charge in [0, 0.05) is 5.92 Å². The van der Waals surface area contributed by atoms with Gasteiger partial charge >= 0.3 is 12.1 Å². The zero-order valence-corrected chi connectivity index (χ0v) is 18.4. The molecule has 8 heteroatoms. The molecule has 0 atom stereocenters. The Bertz CT molecular complexity index is 1070. The average molecular weight is 450 g/mol. The van der Waals surface area contributed by atoms with E-state index >= 15 is 0 Å². The lowest BCUT2D eigenvalue weighted by molar-refractivity contribution is -0.175. The fourth-order valence-electron chi connectivity index (χ4n) is 4.88. The van der Waals surface area contributed by atoms with E-state index in [1.165, 1.54) is 0 Å². The predicted molar refractivity (Wildman–Crippen MR) is 119 cm³/mol. The minimum Gasteiger partial charge on any atom is -0.480 e. The van der Waals surface area contributed by atoms with Gasteiger partial charge in [0.25, 0.3) is 0 Å². The van der Waals surface area contributed by atoms with E-state index in [4.69, 9.17) is 14.6 Å². The number of amides is 2. The van der Waals surface area contributed by atoms with Crippen molar-refractivity contribution in [3.8, 4) is 11.1 Å². The quantitative estimate of drug-likeness (QED) is 0.672. The van der Waals surface area contributed by atoms with Crippen LogP contribution >= 0.6 is 0 Å². The first-order valence-electron chi connectivity index (χ1n) is 11.1. The van der Waals surface area contributed by atoms with E-state index in [1.807, 2.05) is 24.3 Å². The van der Waals surface area contributed by atoms with Gasteiger partial charge in [0.2, 0.25) is 5.91 Å². The molecule has 8 nitrogen and oxygen atoms in total. The van der Waals surface area contributed by atoms with Crippen LogP contribution in [0.25, 0.3) is 11.1 Å². The van der Waals surface area contributed by atoms with Crippen LogP contribution in [0, 0.1) is 0 Å². The second-order valence-electron chi connectivity index (χ2n) is 9.33. The number of nitrogens with zero attached hydrogens (tertiary/aromatic N) is 1. The summed E-state index contributed by atoms with van der Waals surface area (Å²) in [6, 6.07) is 16.2. The van der Waals surface area contributed by atoms with E-state index < -0.39 is 29.8 Å². The van der Waals surface area contributed by atoms with Crippen molar-refractivity contribution in [2.24, 2.45) is 0 Å². The highest BCUT2D eigenvalue weighted by Crippen LogP contribution is 2.45. The molecule has 3 aliphatic rings. The number of carbonyl (C=O) groups excluding carboxylic acids is 2. The largest absolute Gasteiger partial charge is 0.480 e. The predicted octanol–water partition coefficient (Wildman–Crippen LogP) is 2.76. The van der Waals surface area contributed by atoms with Gasteiger partial charge < -0.3 is 24.8 Å². The number of ether oxygens (including phenoxy) is 2. The van der Waals surface area contributed by atoms with Crippen LogP contribution in [0.4, 0.5) is 4.79 Å². The highest BCUT2D eigenvalue weighted by atomic mass is 16.5. The van der Waals surface area contributed by atoms with Crippen molar-refractivity contribution in [3.05, 3.63) is 59.7 Å². The summed E-state index contributed by atoms with van der Waals surface area (Å²) in [5.41, 5.74) is 2.96. The molecule has 33 heavy (non-hydrogen) atoms. The Labute approximate surface area is 191 Å². The van der Waals surface area contributed by atoms with Crippen molar-refractivity contribution in [1.82, 2.24) is 10.2 Å². The lowest BCUT2D eigenvalue weighted by Crippen LogP contribution is -2.67. The van der Waals surface area contributed by atoms with E-state index in [2.05, 4.69) is 29.6 Å². The molecule has 0 unspecified atom stereocenters. The molecule has 5 rings (SSSR count). The zero-order valence-electron chi connectivity index (χ0n) is 18.4. The molecule has 2 aromatic rings. The highest BCUT2D eigenvalue weighted by molar-refractivity contribution is 5.93. The number of carboxylic acid groups (broad SMARTS) is 1. The van der Waals surface area contributed by atoms with Gasteiger partial charge in [-0.05, 0) is 42.0 Å². The van der Waals surface area contributed by atoms with Gasteiger partial charge in [0.15, 0.2) is 0 Å². The third-order valence-corrected chi connectivity index (χ3v) is 6.73. The molecule has 2 aliphatic carbocycles. The maximum absolute atomic E-state index is 12.9. The Morgan fingerprint density at radius 2 is 1.61 bits per heavy atom. The number of nitrogens with one attached hydrogen (secondary N) is 1. The molecule has 0 spiro atoms.